The second-order valence-corrected chi connectivity index (χ2v) is 8.69. The molecule has 0 unspecified atom stereocenters. The molecule has 1 aromatic carbocycles. The Balaban J connectivity index is 0.000001000. The molecule has 0 bridgehead atoms. The van der Waals surface area contributed by atoms with Crippen LogP contribution in [0.3, 0.4) is 0 Å². The van der Waals surface area contributed by atoms with Crippen LogP contribution in [0.2, 0.25) is 19.6 Å². The van der Waals surface area contributed by atoms with Gasteiger partial charge in [0.05, 0.1) is 8.07 Å². The minimum Gasteiger partial charge on any atom is -0.269 e. The van der Waals surface area contributed by atoms with Crippen molar-refractivity contribution in [3.8, 4) is 0 Å². The van der Waals surface area contributed by atoms with Crippen molar-refractivity contribution >= 4 is 13.3 Å². The molecular weight excluding hydrogens is 155 g/mol. The number of hydrogen-bond donors (Lipinski definition) is 0. The van der Waals surface area contributed by atoms with Gasteiger partial charge in [-0.1, -0.05) is 55.2 Å². The summed E-state index contributed by atoms with van der Waals surface area (Å²) < 4.78 is 0. The van der Waals surface area contributed by atoms with Gasteiger partial charge in [-0.05, 0) is 0 Å². The Hall–Kier alpha value is -0.633. The Morgan fingerprint density at radius 2 is 1.36 bits per heavy atom. The molecule has 62 valence electrons. The van der Waals surface area contributed by atoms with E-state index in [0.29, 0.717) is 0 Å². The Morgan fingerprint density at radius 3 is 1.64 bits per heavy atom. The van der Waals surface area contributed by atoms with E-state index in [9.17, 15) is 0 Å². The highest BCUT2D eigenvalue weighted by Gasteiger charge is 2.14. The normalized spacial score (nSPS) is 10.5. The van der Waals surface area contributed by atoms with Gasteiger partial charge in [-0.3, -0.25) is 4.70 Å². The lowest BCUT2D eigenvalue weighted by Gasteiger charge is -2.15. The maximum absolute atomic E-state index is 2.36. The van der Waals surface area contributed by atoms with Crippen molar-refractivity contribution in [2.24, 2.45) is 0 Å². The van der Waals surface area contributed by atoms with Gasteiger partial charge >= 0.3 is 0 Å². The molecule has 0 aromatic heterocycles. The molecule has 0 fully saturated rings. The number of benzene rings is 1. The first-order valence-electron chi connectivity index (χ1n) is 3.66. The first-order valence-corrected chi connectivity index (χ1v) is 7.16. The monoisotopic (exact) mass is 170 g/mol. The molecule has 1 aromatic rings. The quantitative estimate of drug-likeness (QED) is 0.568. The molecule has 0 nitrogen and oxygen atoms in total. The van der Waals surface area contributed by atoms with Gasteiger partial charge in [-0.15, -0.1) is 0 Å². The van der Waals surface area contributed by atoms with Gasteiger partial charge in [0.1, 0.15) is 0 Å². The molecule has 2 heteroatoms. The molecule has 0 radical (unpaired) electrons. The van der Waals surface area contributed by atoms with Gasteiger partial charge in [-0.25, -0.2) is 0 Å². The van der Waals surface area contributed by atoms with Crippen molar-refractivity contribution in [1.82, 2.24) is 0 Å². The van der Waals surface area contributed by atoms with E-state index in [2.05, 4.69) is 50.0 Å². The second kappa shape index (κ2) is 3.67. The summed E-state index contributed by atoms with van der Waals surface area (Å²) in [6.45, 7) is 7.09. The molecule has 0 aliphatic carbocycles. The Labute approximate surface area is 68.6 Å². The summed E-state index contributed by atoms with van der Waals surface area (Å²) in [4.78, 5) is 0. The van der Waals surface area contributed by atoms with Crippen LogP contribution in [0.5, 0.6) is 0 Å². The van der Waals surface area contributed by atoms with Crippen molar-refractivity contribution < 1.29 is 4.70 Å². The Kier molecular flexibility index (Phi) is 3.46. The van der Waals surface area contributed by atoms with Crippen molar-refractivity contribution in [1.29, 1.82) is 0 Å². The Bertz CT molecular complexity index is 201. The van der Waals surface area contributed by atoms with Crippen molar-refractivity contribution in [3.05, 3.63) is 30.3 Å². The van der Waals surface area contributed by atoms with Crippen LogP contribution in [0, 0.1) is 0 Å². The zero-order valence-corrected chi connectivity index (χ0v) is 8.29. The van der Waals surface area contributed by atoms with Crippen molar-refractivity contribution in [2.45, 2.75) is 19.6 Å². The van der Waals surface area contributed by atoms with Crippen LogP contribution in [0.4, 0.5) is 4.70 Å². The molecule has 0 N–H and O–H groups in total. The first kappa shape index (κ1) is 10.4. The summed E-state index contributed by atoms with van der Waals surface area (Å²) in [6.07, 6.45) is 0. The predicted molar refractivity (Wildman–Crippen MR) is 51.9 cm³/mol. The molecule has 0 saturated carbocycles. The largest absolute Gasteiger partial charge is 0.269 e. The Morgan fingerprint density at radius 1 is 0.909 bits per heavy atom. The smallest absolute Gasteiger partial charge is 0.0775 e. The fourth-order valence-electron chi connectivity index (χ4n) is 0.938. The second-order valence-electron chi connectivity index (χ2n) is 3.62. The summed E-state index contributed by atoms with van der Waals surface area (Å²) >= 11 is 0. The highest BCUT2D eigenvalue weighted by Crippen LogP contribution is 2.00. The van der Waals surface area contributed by atoms with Crippen LogP contribution in [-0.2, 0) is 0 Å². The van der Waals surface area contributed by atoms with Crippen LogP contribution in [0.25, 0.3) is 0 Å². The SMILES string of the molecule is C[Si](C)(C)c1ccccc1.F. The van der Waals surface area contributed by atoms with E-state index >= 15 is 0 Å². The van der Waals surface area contributed by atoms with Crippen LogP contribution in [0.15, 0.2) is 30.3 Å². The van der Waals surface area contributed by atoms with Gasteiger partial charge in [0.2, 0.25) is 0 Å². The van der Waals surface area contributed by atoms with E-state index in [1.54, 1.807) is 0 Å². The summed E-state index contributed by atoms with van der Waals surface area (Å²) in [5.41, 5.74) is 0. The molecule has 0 amide bonds. The van der Waals surface area contributed by atoms with Gasteiger partial charge < -0.3 is 0 Å². The number of rotatable bonds is 1. The van der Waals surface area contributed by atoms with Gasteiger partial charge in [0.25, 0.3) is 0 Å². The maximum Gasteiger partial charge on any atom is 0.0775 e. The molecule has 0 atom stereocenters. The standard InChI is InChI=1S/C9H14Si.FH/c1-10(2,3)9-7-5-4-6-8-9;/h4-8H,1-3H3;1H. The number of hydrogen-bond acceptors (Lipinski definition) is 0. The summed E-state index contributed by atoms with van der Waals surface area (Å²) in [6, 6.07) is 10.8. The molecule has 11 heavy (non-hydrogen) atoms. The van der Waals surface area contributed by atoms with E-state index in [1.807, 2.05) is 0 Å². The molecule has 1 rings (SSSR count). The summed E-state index contributed by atoms with van der Waals surface area (Å²) in [7, 11) is -1.03. The highest BCUT2D eigenvalue weighted by molar-refractivity contribution is 6.88. The highest BCUT2D eigenvalue weighted by atomic mass is 28.3. The third-order valence-corrected chi connectivity index (χ3v) is 3.71. The van der Waals surface area contributed by atoms with E-state index in [0.717, 1.165) is 0 Å². The zero-order valence-electron chi connectivity index (χ0n) is 7.29. The average Bonchev–Trinajstić information content (AvgIpc) is 1.88. The summed E-state index contributed by atoms with van der Waals surface area (Å²) in [5.74, 6) is 0. The molecule has 0 heterocycles. The van der Waals surface area contributed by atoms with E-state index in [-0.39, 0.29) is 4.70 Å². The lowest BCUT2D eigenvalue weighted by atomic mass is 10.4. The third kappa shape index (κ3) is 2.85. The minimum atomic E-state index is -1.03. The van der Waals surface area contributed by atoms with Crippen LogP contribution in [0.1, 0.15) is 0 Å². The first-order chi connectivity index (χ1) is 4.61. The van der Waals surface area contributed by atoms with Gasteiger partial charge in [-0.2, -0.15) is 0 Å². The van der Waals surface area contributed by atoms with Crippen LogP contribution < -0.4 is 5.19 Å². The third-order valence-electron chi connectivity index (χ3n) is 1.64. The summed E-state index contributed by atoms with van der Waals surface area (Å²) in [5, 5.41) is 1.54. The molecular formula is C9H15FSi. The van der Waals surface area contributed by atoms with Crippen molar-refractivity contribution in [2.75, 3.05) is 0 Å². The average molecular weight is 170 g/mol. The molecule has 0 saturated heterocycles. The van der Waals surface area contributed by atoms with Crippen LogP contribution >= 0.6 is 0 Å². The van der Waals surface area contributed by atoms with E-state index < -0.39 is 8.07 Å². The van der Waals surface area contributed by atoms with Gasteiger partial charge in [0.15, 0.2) is 0 Å². The van der Waals surface area contributed by atoms with E-state index in [1.165, 1.54) is 5.19 Å². The predicted octanol–water partition coefficient (Wildman–Crippen LogP) is 2.38. The fraction of sp³-hybridized carbons (Fsp3) is 0.333. The molecule has 0 aliphatic rings. The minimum absolute atomic E-state index is 0. The number of halogens is 1. The van der Waals surface area contributed by atoms with Crippen molar-refractivity contribution in [3.63, 3.8) is 0 Å². The van der Waals surface area contributed by atoms with Gasteiger partial charge in [0, 0.05) is 0 Å². The molecule has 0 aliphatic heterocycles. The van der Waals surface area contributed by atoms with Crippen LogP contribution in [-0.4, -0.2) is 8.07 Å². The topological polar surface area (TPSA) is 0 Å². The van der Waals surface area contributed by atoms with E-state index in [4.69, 9.17) is 0 Å². The lowest BCUT2D eigenvalue weighted by Crippen LogP contribution is -2.37. The fourth-order valence-corrected chi connectivity index (χ4v) is 2.13. The lowest BCUT2D eigenvalue weighted by molar-refractivity contribution is 1.11. The molecule has 0 spiro atoms. The zero-order chi connectivity index (χ0) is 7.61. The maximum atomic E-state index is 2.36.